The lowest BCUT2D eigenvalue weighted by Gasteiger charge is -2.31. The first kappa shape index (κ1) is 16.2. The number of halogens is 3. The van der Waals surface area contributed by atoms with Crippen molar-refractivity contribution in [2.75, 3.05) is 32.8 Å². The summed E-state index contributed by atoms with van der Waals surface area (Å²) >= 11 is 0. The zero-order chi connectivity index (χ0) is 14.3. The summed E-state index contributed by atoms with van der Waals surface area (Å²) in [4.78, 5) is 12.2. The third kappa shape index (κ3) is 8.02. The van der Waals surface area contributed by atoms with Gasteiger partial charge in [-0.05, 0) is 12.8 Å². The van der Waals surface area contributed by atoms with Gasteiger partial charge in [0.25, 0.3) is 0 Å². The van der Waals surface area contributed by atoms with Crippen LogP contribution in [0, 0.1) is 0 Å². The van der Waals surface area contributed by atoms with Crippen molar-refractivity contribution in [3.8, 4) is 0 Å². The monoisotopic (exact) mass is 285 g/mol. The minimum atomic E-state index is -4.57. The molecule has 1 aliphatic rings. The van der Waals surface area contributed by atoms with Gasteiger partial charge in [-0.25, -0.2) is 0 Å². The molecular weight excluding hydrogens is 267 g/mol. The average molecular weight is 285 g/mol. The van der Waals surface area contributed by atoms with Gasteiger partial charge in [0.15, 0.2) is 0 Å². The first-order chi connectivity index (χ1) is 8.87. The summed E-state index contributed by atoms with van der Waals surface area (Å²) in [6.07, 6.45) is -3.20. The van der Waals surface area contributed by atoms with E-state index in [1.807, 2.05) is 4.90 Å². The number of carboxylic acid groups (broad SMARTS) is 1. The number of hydrogen-bond acceptors (Lipinski definition) is 4. The first-order valence-electron chi connectivity index (χ1n) is 6.13. The van der Waals surface area contributed by atoms with E-state index in [0.717, 1.165) is 0 Å². The van der Waals surface area contributed by atoms with E-state index in [9.17, 15) is 18.0 Å². The molecule has 0 saturated carbocycles. The highest BCUT2D eigenvalue weighted by atomic mass is 19.4. The predicted molar refractivity (Wildman–Crippen MR) is 59.7 cm³/mol. The summed E-state index contributed by atoms with van der Waals surface area (Å²) in [5.74, 6) is -0.901. The Hall–Kier alpha value is -0.860. The molecule has 1 aliphatic heterocycles. The van der Waals surface area contributed by atoms with Gasteiger partial charge in [0.1, 0.15) is 0 Å². The summed E-state index contributed by atoms with van der Waals surface area (Å²) in [5.41, 5.74) is 0. The maximum absolute atomic E-state index is 11.8. The van der Waals surface area contributed by atoms with E-state index in [1.54, 1.807) is 0 Å². The summed E-state index contributed by atoms with van der Waals surface area (Å²) in [5, 5.41) is 8.45. The Morgan fingerprint density at radius 2 is 1.89 bits per heavy atom. The first-order valence-corrected chi connectivity index (χ1v) is 6.13. The quantitative estimate of drug-likeness (QED) is 0.767. The minimum Gasteiger partial charge on any atom is -0.481 e. The van der Waals surface area contributed by atoms with Crippen LogP contribution in [-0.2, 0) is 14.3 Å². The fourth-order valence-electron chi connectivity index (χ4n) is 1.90. The van der Waals surface area contributed by atoms with E-state index >= 15 is 0 Å². The summed E-state index contributed by atoms with van der Waals surface area (Å²) < 4.78 is 44.4. The lowest BCUT2D eigenvalue weighted by molar-refractivity contribution is -0.325. The van der Waals surface area contributed by atoms with E-state index in [1.165, 1.54) is 0 Å². The van der Waals surface area contributed by atoms with Crippen LogP contribution >= 0.6 is 0 Å². The second kappa shape index (κ2) is 7.66. The van der Waals surface area contributed by atoms with Gasteiger partial charge < -0.3 is 14.7 Å². The van der Waals surface area contributed by atoms with Crippen LogP contribution < -0.4 is 0 Å². The maximum atomic E-state index is 11.8. The maximum Gasteiger partial charge on any atom is 0.522 e. The van der Waals surface area contributed by atoms with Crippen molar-refractivity contribution in [1.82, 2.24) is 4.90 Å². The van der Waals surface area contributed by atoms with Crippen molar-refractivity contribution < 1.29 is 32.5 Å². The van der Waals surface area contributed by atoms with E-state index in [0.29, 0.717) is 25.9 Å². The number of alkyl halides is 3. The Morgan fingerprint density at radius 3 is 2.42 bits per heavy atom. The molecule has 8 heteroatoms. The number of likely N-dealkylation sites (tertiary alicyclic amines) is 1. The van der Waals surface area contributed by atoms with Gasteiger partial charge in [-0.3, -0.25) is 9.53 Å². The fraction of sp³-hybridized carbons (Fsp3) is 0.909. The van der Waals surface area contributed by atoms with E-state index in [2.05, 4.69) is 4.74 Å². The van der Waals surface area contributed by atoms with Gasteiger partial charge in [-0.2, -0.15) is 0 Å². The van der Waals surface area contributed by atoms with E-state index in [-0.39, 0.29) is 32.3 Å². The van der Waals surface area contributed by atoms with Crippen LogP contribution in [-0.4, -0.2) is 61.3 Å². The molecule has 0 radical (unpaired) electrons. The van der Waals surface area contributed by atoms with Gasteiger partial charge in [0.2, 0.25) is 0 Å². The number of aliphatic carboxylic acids is 1. The molecule has 5 nitrogen and oxygen atoms in total. The molecule has 1 N–H and O–H groups in total. The Balaban J connectivity index is 2.07. The van der Waals surface area contributed by atoms with Crippen molar-refractivity contribution in [2.24, 2.45) is 0 Å². The van der Waals surface area contributed by atoms with Gasteiger partial charge in [0.05, 0.1) is 25.7 Å². The van der Waals surface area contributed by atoms with E-state index < -0.39 is 12.3 Å². The zero-order valence-electron chi connectivity index (χ0n) is 10.5. The normalized spacial score (nSPS) is 18.7. The van der Waals surface area contributed by atoms with Crippen molar-refractivity contribution >= 4 is 5.97 Å². The molecule has 1 fully saturated rings. The van der Waals surface area contributed by atoms with Crippen molar-refractivity contribution in [3.63, 3.8) is 0 Å². The number of nitrogens with zero attached hydrogens (tertiary/aromatic N) is 1. The van der Waals surface area contributed by atoms with E-state index in [4.69, 9.17) is 9.84 Å². The molecular formula is C11H18F3NO4. The predicted octanol–water partition coefficient (Wildman–Crippen LogP) is 1.48. The smallest absolute Gasteiger partial charge is 0.481 e. The summed E-state index contributed by atoms with van der Waals surface area (Å²) in [7, 11) is 0. The third-order valence-electron chi connectivity index (χ3n) is 2.88. The molecule has 0 aromatic rings. The van der Waals surface area contributed by atoms with Crippen molar-refractivity contribution in [3.05, 3.63) is 0 Å². The second-order valence-electron chi connectivity index (χ2n) is 4.35. The zero-order valence-corrected chi connectivity index (χ0v) is 10.5. The summed E-state index contributed by atoms with van der Waals surface area (Å²) in [6.45, 7) is 1.32. The Morgan fingerprint density at radius 1 is 1.26 bits per heavy atom. The van der Waals surface area contributed by atoms with Crippen LogP contribution in [0.25, 0.3) is 0 Å². The average Bonchev–Trinajstić information content (AvgIpc) is 2.29. The Kier molecular flexibility index (Phi) is 6.53. The van der Waals surface area contributed by atoms with Crippen LogP contribution in [0.1, 0.15) is 19.3 Å². The number of carbonyl (C=O) groups is 1. The molecule has 0 aliphatic carbocycles. The SMILES string of the molecule is O=C(O)CCOC1CCN(CCOC(F)(F)F)CC1. The molecule has 0 atom stereocenters. The van der Waals surface area contributed by atoms with Crippen LogP contribution in [0.2, 0.25) is 0 Å². The molecule has 19 heavy (non-hydrogen) atoms. The van der Waals surface area contributed by atoms with Gasteiger partial charge in [-0.15, -0.1) is 13.2 Å². The molecule has 1 rings (SSSR count). The molecule has 1 heterocycles. The molecule has 0 amide bonds. The van der Waals surface area contributed by atoms with Gasteiger partial charge in [-0.1, -0.05) is 0 Å². The highest BCUT2D eigenvalue weighted by Gasteiger charge is 2.29. The summed E-state index contributed by atoms with van der Waals surface area (Å²) in [6, 6.07) is 0. The highest BCUT2D eigenvalue weighted by Crippen LogP contribution is 2.17. The lowest BCUT2D eigenvalue weighted by Crippen LogP contribution is -2.39. The third-order valence-corrected chi connectivity index (χ3v) is 2.88. The number of ether oxygens (including phenoxy) is 2. The lowest BCUT2D eigenvalue weighted by atomic mass is 10.1. The van der Waals surface area contributed by atoms with Crippen LogP contribution in [0.5, 0.6) is 0 Å². The highest BCUT2D eigenvalue weighted by molar-refractivity contribution is 5.66. The largest absolute Gasteiger partial charge is 0.522 e. The second-order valence-corrected chi connectivity index (χ2v) is 4.35. The molecule has 0 bridgehead atoms. The number of carboxylic acids is 1. The Labute approximate surface area is 109 Å². The van der Waals surface area contributed by atoms with Gasteiger partial charge >= 0.3 is 12.3 Å². The number of hydrogen-bond donors (Lipinski definition) is 1. The Bertz CT molecular complexity index is 278. The molecule has 0 aromatic heterocycles. The molecule has 1 saturated heterocycles. The molecule has 0 unspecified atom stereocenters. The van der Waals surface area contributed by atoms with Crippen LogP contribution in [0.3, 0.4) is 0 Å². The number of rotatable bonds is 7. The minimum absolute atomic E-state index is 0.000801. The fourth-order valence-corrected chi connectivity index (χ4v) is 1.90. The standard InChI is InChI=1S/C11H18F3NO4/c12-11(13,14)19-8-6-15-4-1-9(2-5-15)18-7-3-10(16)17/h9H,1-8H2,(H,16,17). The van der Waals surface area contributed by atoms with Crippen LogP contribution in [0.4, 0.5) is 13.2 Å². The van der Waals surface area contributed by atoms with Crippen LogP contribution in [0.15, 0.2) is 0 Å². The molecule has 0 spiro atoms. The topological polar surface area (TPSA) is 59.0 Å². The number of piperidine rings is 1. The van der Waals surface area contributed by atoms with Crippen molar-refractivity contribution in [1.29, 1.82) is 0 Å². The van der Waals surface area contributed by atoms with Gasteiger partial charge in [0, 0.05) is 19.6 Å². The molecule has 112 valence electrons. The van der Waals surface area contributed by atoms with Crippen molar-refractivity contribution in [2.45, 2.75) is 31.7 Å². The molecule has 0 aromatic carbocycles.